The molecule has 0 radical (unpaired) electrons. The fourth-order valence-electron chi connectivity index (χ4n) is 3.71. The average molecular weight is 433 g/mol. The van der Waals surface area contributed by atoms with Crippen LogP contribution in [-0.4, -0.2) is 48.3 Å². The summed E-state index contributed by atoms with van der Waals surface area (Å²) in [6.07, 6.45) is 2.96. The van der Waals surface area contributed by atoms with Crippen molar-refractivity contribution in [3.05, 3.63) is 41.3 Å². The molecule has 30 heavy (non-hydrogen) atoms. The fraction of sp³-hybridized carbons (Fsp3) is 0.450. The highest BCUT2D eigenvalue weighted by Crippen LogP contribution is 2.30. The second-order valence-corrected chi connectivity index (χ2v) is 9.57. The SMILES string of the molecule is Cc1noc(C)c1S(=O)(=O)N1CCC[C@H]1C(=O)Nc1cccc(C(=O)NC2CC2)c1. The van der Waals surface area contributed by atoms with E-state index >= 15 is 0 Å². The van der Waals surface area contributed by atoms with Gasteiger partial charge in [-0.05, 0) is 57.7 Å². The van der Waals surface area contributed by atoms with E-state index in [1.165, 1.54) is 11.2 Å². The van der Waals surface area contributed by atoms with Crippen molar-refractivity contribution in [3.63, 3.8) is 0 Å². The maximum atomic E-state index is 13.1. The van der Waals surface area contributed by atoms with Crippen LogP contribution in [0.4, 0.5) is 5.69 Å². The lowest BCUT2D eigenvalue weighted by Gasteiger charge is -2.23. The molecule has 2 aromatic rings. The van der Waals surface area contributed by atoms with Crippen molar-refractivity contribution in [2.24, 2.45) is 0 Å². The first-order valence-corrected chi connectivity index (χ1v) is 11.4. The fourth-order valence-corrected chi connectivity index (χ4v) is 5.66. The lowest BCUT2D eigenvalue weighted by atomic mass is 10.1. The molecule has 1 aromatic heterocycles. The number of benzene rings is 1. The molecule has 160 valence electrons. The Morgan fingerprint density at radius 2 is 1.97 bits per heavy atom. The first-order chi connectivity index (χ1) is 14.3. The van der Waals surface area contributed by atoms with Crippen LogP contribution in [0.25, 0.3) is 0 Å². The maximum Gasteiger partial charge on any atom is 0.251 e. The number of nitrogens with zero attached hydrogens (tertiary/aromatic N) is 2. The maximum absolute atomic E-state index is 13.1. The second kappa shape index (κ2) is 7.84. The number of nitrogens with one attached hydrogen (secondary N) is 2. The first kappa shape index (κ1) is 20.5. The summed E-state index contributed by atoms with van der Waals surface area (Å²) in [6, 6.07) is 6.03. The molecule has 0 bridgehead atoms. The summed E-state index contributed by atoms with van der Waals surface area (Å²) in [5.74, 6) is -0.410. The van der Waals surface area contributed by atoms with Crippen LogP contribution in [-0.2, 0) is 14.8 Å². The van der Waals surface area contributed by atoms with Crippen molar-refractivity contribution in [1.82, 2.24) is 14.8 Å². The molecule has 1 aromatic carbocycles. The van der Waals surface area contributed by atoms with Crippen LogP contribution in [0.3, 0.4) is 0 Å². The van der Waals surface area contributed by atoms with Gasteiger partial charge in [0.25, 0.3) is 5.91 Å². The number of aryl methyl sites for hydroxylation is 2. The lowest BCUT2D eigenvalue weighted by molar-refractivity contribution is -0.119. The Morgan fingerprint density at radius 3 is 2.63 bits per heavy atom. The molecule has 2 N–H and O–H groups in total. The minimum absolute atomic E-state index is 0.0148. The quantitative estimate of drug-likeness (QED) is 0.720. The molecule has 2 aliphatic rings. The molecule has 2 amide bonds. The van der Waals surface area contributed by atoms with E-state index in [0.717, 1.165) is 12.8 Å². The number of hydrogen-bond acceptors (Lipinski definition) is 6. The van der Waals surface area contributed by atoms with Gasteiger partial charge in [0.05, 0.1) is 0 Å². The predicted octanol–water partition coefficient (Wildman–Crippen LogP) is 1.98. The van der Waals surface area contributed by atoms with Gasteiger partial charge in [-0.25, -0.2) is 8.42 Å². The number of anilines is 1. The number of amides is 2. The van der Waals surface area contributed by atoms with E-state index in [1.807, 2.05) is 0 Å². The molecule has 9 nitrogen and oxygen atoms in total. The summed E-state index contributed by atoms with van der Waals surface area (Å²) < 4.78 is 32.5. The van der Waals surface area contributed by atoms with E-state index < -0.39 is 22.0 Å². The van der Waals surface area contributed by atoms with Gasteiger partial charge in [0.15, 0.2) is 5.76 Å². The van der Waals surface area contributed by atoms with Gasteiger partial charge in [0.1, 0.15) is 16.6 Å². The third-order valence-electron chi connectivity index (χ3n) is 5.35. The second-order valence-electron chi connectivity index (χ2n) is 7.74. The molecule has 0 unspecified atom stereocenters. The third kappa shape index (κ3) is 3.97. The van der Waals surface area contributed by atoms with Crippen molar-refractivity contribution >= 4 is 27.5 Å². The summed E-state index contributed by atoms with van der Waals surface area (Å²) in [5.41, 5.74) is 1.17. The van der Waals surface area contributed by atoms with Crippen molar-refractivity contribution in [3.8, 4) is 0 Å². The topological polar surface area (TPSA) is 122 Å². The van der Waals surface area contributed by atoms with Crippen LogP contribution in [0.1, 0.15) is 47.5 Å². The lowest BCUT2D eigenvalue weighted by Crippen LogP contribution is -2.43. The Morgan fingerprint density at radius 1 is 1.20 bits per heavy atom. The normalized spacial score (nSPS) is 19.6. The van der Waals surface area contributed by atoms with Crippen LogP contribution in [0, 0.1) is 13.8 Å². The zero-order valence-electron chi connectivity index (χ0n) is 16.8. The summed E-state index contributed by atoms with van der Waals surface area (Å²) in [4.78, 5) is 25.2. The number of aromatic nitrogens is 1. The van der Waals surface area contributed by atoms with E-state index in [-0.39, 0.29) is 34.8 Å². The molecule has 10 heteroatoms. The van der Waals surface area contributed by atoms with Crippen molar-refractivity contribution in [1.29, 1.82) is 0 Å². The number of carbonyl (C=O) groups excluding carboxylic acids is 2. The van der Waals surface area contributed by atoms with E-state index in [2.05, 4.69) is 15.8 Å². The standard InChI is InChI=1S/C20H24N4O5S/c1-12-18(13(2)29-23-12)30(27,28)24-10-4-7-17(24)20(26)22-16-6-3-5-14(11-16)19(25)21-15-8-9-15/h3,5-6,11,15,17H,4,7-10H2,1-2H3,(H,21,25)(H,22,26)/t17-/m0/s1. The number of hydrogen-bond donors (Lipinski definition) is 2. The zero-order chi connectivity index (χ0) is 21.5. The van der Waals surface area contributed by atoms with E-state index in [4.69, 9.17) is 4.52 Å². The van der Waals surface area contributed by atoms with Crippen LogP contribution < -0.4 is 10.6 Å². The smallest absolute Gasteiger partial charge is 0.251 e. The summed E-state index contributed by atoms with van der Waals surface area (Å²) in [7, 11) is -3.92. The van der Waals surface area contributed by atoms with Gasteiger partial charge in [0.2, 0.25) is 15.9 Å². The van der Waals surface area contributed by atoms with Crippen molar-refractivity contribution < 1.29 is 22.5 Å². The minimum atomic E-state index is -3.92. The Balaban J connectivity index is 1.51. The summed E-state index contributed by atoms with van der Waals surface area (Å²) in [5, 5.41) is 9.39. The van der Waals surface area contributed by atoms with Crippen LogP contribution >= 0.6 is 0 Å². The van der Waals surface area contributed by atoms with Crippen LogP contribution in [0.2, 0.25) is 0 Å². The van der Waals surface area contributed by atoms with Crippen molar-refractivity contribution in [2.45, 2.75) is 56.5 Å². The monoisotopic (exact) mass is 432 g/mol. The molecule has 2 heterocycles. The molecule has 4 rings (SSSR count). The van der Waals surface area contributed by atoms with Crippen LogP contribution in [0.15, 0.2) is 33.7 Å². The Hall–Kier alpha value is -2.72. The first-order valence-electron chi connectivity index (χ1n) is 9.94. The average Bonchev–Trinajstić information content (AvgIpc) is 3.23. The summed E-state index contributed by atoms with van der Waals surface area (Å²) in [6.45, 7) is 3.34. The highest BCUT2D eigenvalue weighted by Gasteiger charge is 2.42. The third-order valence-corrected chi connectivity index (χ3v) is 7.50. The van der Waals surface area contributed by atoms with Gasteiger partial charge in [0, 0.05) is 23.8 Å². The molecule has 1 atom stereocenters. The number of carbonyl (C=O) groups is 2. The molecule has 2 fully saturated rings. The van der Waals surface area contributed by atoms with E-state index in [1.54, 1.807) is 31.2 Å². The van der Waals surface area contributed by atoms with Gasteiger partial charge in [-0.15, -0.1) is 0 Å². The van der Waals surface area contributed by atoms with Gasteiger partial charge < -0.3 is 15.2 Å². The molecular formula is C20H24N4O5S. The molecular weight excluding hydrogens is 408 g/mol. The van der Waals surface area contributed by atoms with Gasteiger partial charge in [-0.1, -0.05) is 11.2 Å². The highest BCUT2D eigenvalue weighted by molar-refractivity contribution is 7.89. The number of sulfonamides is 1. The van der Waals surface area contributed by atoms with E-state index in [9.17, 15) is 18.0 Å². The molecule has 1 aliphatic carbocycles. The zero-order valence-corrected chi connectivity index (χ0v) is 17.7. The Labute approximate surface area is 174 Å². The van der Waals surface area contributed by atoms with Gasteiger partial charge >= 0.3 is 0 Å². The van der Waals surface area contributed by atoms with Crippen LogP contribution in [0.5, 0.6) is 0 Å². The Bertz CT molecular complexity index is 1070. The predicted molar refractivity (Wildman–Crippen MR) is 108 cm³/mol. The molecule has 1 saturated carbocycles. The molecule has 1 aliphatic heterocycles. The highest BCUT2D eigenvalue weighted by atomic mass is 32.2. The van der Waals surface area contributed by atoms with Gasteiger partial charge in [-0.3, -0.25) is 9.59 Å². The van der Waals surface area contributed by atoms with E-state index in [0.29, 0.717) is 24.1 Å². The minimum Gasteiger partial charge on any atom is -0.360 e. The summed E-state index contributed by atoms with van der Waals surface area (Å²) >= 11 is 0. The van der Waals surface area contributed by atoms with Crippen molar-refractivity contribution in [2.75, 3.05) is 11.9 Å². The number of rotatable bonds is 6. The molecule has 1 saturated heterocycles. The molecule has 0 spiro atoms. The largest absolute Gasteiger partial charge is 0.360 e. The Kier molecular flexibility index (Phi) is 5.37. The van der Waals surface area contributed by atoms with Gasteiger partial charge in [-0.2, -0.15) is 4.31 Å².